The summed E-state index contributed by atoms with van der Waals surface area (Å²) in [5.41, 5.74) is 1.84. The number of halogens is 1. The standard InChI is InChI=1S/C15H15ClN4O/c1-3-6-17-14-8-13(18-9-19-14)15(21)20-11-5-4-10(2)12(16)7-11/h3-5,7-9H,1,6H2,2H3,(H,20,21)(H,17,18,19). The molecule has 1 amide bonds. The lowest BCUT2D eigenvalue weighted by molar-refractivity contribution is 0.102. The molecule has 5 nitrogen and oxygen atoms in total. The Balaban J connectivity index is 2.12. The van der Waals surface area contributed by atoms with Crippen LogP contribution in [0.2, 0.25) is 5.02 Å². The van der Waals surface area contributed by atoms with Gasteiger partial charge in [0.1, 0.15) is 17.8 Å². The fraction of sp³-hybridized carbons (Fsp3) is 0.133. The fourth-order valence-corrected chi connectivity index (χ4v) is 1.80. The molecule has 108 valence electrons. The highest BCUT2D eigenvalue weighted by Gasteiger charge is 2.09. The average Bonchev–Trinajstić information content (AvgIpc) is 2.49. The van der Waals surface area contributed by atoms with Gasteiger partial charge in [-0.2, -0.15) is 0 Å². The van der Waals surface area contributed by atoms with Gasteiger partial charge in [-0.05, 0) is 24.6 Å². The number of rotatable bonds is 5. The lowest BCUT2D eigenvalue weighted by Gasteiger charge is -2.07. The van der Waals surface area contributed by atoms with Gasteiger partial charge in [0, 0.05) is 23.3 Å². The normalized spacial score (nSPS) is 10.0. The topological polar surface area (TPSA) is 66.9 Å². The molecule has 2 aromatic rings. The summed E-state index contributed by atoms with van der Waals surface area (Å²) in [6, 6.07) is 6.91. The maximum absolute atomic E-state index is 12.1. The molecule has 1 aromatic heterocycles. The average molecular weight is 303 g/mol. The Morgan fingerprint density at radius 1 is 1.38 bits per heavy atom. The molecule has 0 bridgehead atoms. The largest absolute Gasteiger partial charge is 0.366 e. The number of nitrogens with one attached hydrogen (secondary N) is 2. The van der Waals surface area contributed by atoms with Crippen LogP contribution in [-0.2, 0) is 0 Å². The Bertz CT molecular complexity index is 672. The molecule has 2 N–H and O–H groups in total. The molecular formula is C15H15ClN4O. The van der Waals surface area contributed by atoms with Crippen molar-refractivity contribution in [1.29, 1.82) is 0 Å². The van der Waals surface area contributed by atoms with Crippen molar-refractivity contribution in [2.24, 2.45) is 0 Å². The predicted molar refractivity (Wildman–Crippen MR) is 84.9 cm³/mol. The third kappa shape index (κ3) is 4.03. The van der Waals surface area contributed by atoms with E-state index in [1.807, 2.05) is 13.0 Å². The van der Waals surface area contributed by atoms with Crippen LogP contribution in [0.25, 0.3) is 0 Å². The van der Waals surface area contributed by atoms with Gasteiger partial charge in [0.05, 0.1) is 0 Å². The van der Waals surface area contributed by atoms with Crippen molar-refractivity contribution in [3.8, 4) is 0 Å². The van der Waals surface area contributed by atoms with Crippen molar-refractivity contribution in [1.82, 2.24) is 9.97 Å². The number of hydrogen-bond acceptors (Lipinski definition) is 4. The summed E-state index contributed by atoms with van der Waals surface area (Å²) in [7, 11) is 0. The molecule has 1 heterocycles. The van der Waals surface area contributed by atoms with Gasteiger partial charge in [-0.15, -0.1) is 6.58 Å². The molecule has 0 radical (unpaired) electrons. The number of amides is 1. The Labute approximate surface area is 128 Å². The van der Waals surface area contributed by atoms with Crippen LogP contribution < -0.4 is 10.6 Å². The minimum Gasteiger partial charge on any atom is -0.366 e. The Hall–Kier alpha value is -2.40. The van der Waals surface area contributed by atoms with Crippen molar-refractivity contribution in [3.63, 3.8) is 0 Å². The summed E-state index contributed by atoms with van der Waals surface area (Å²) in [5, 5.41) is 6.35. The molecule has 0 aliphatic rings. The second-order valence-corrected chi connectivity index (χ2v) is 4.78. The van der Waals surface area contributed by atoms with Gasteiger partial charge >= 0.3 is 0 Å². The fourth-order valence-electron chi connectivity index (χ4n) is 1.62. The van der Waals surface area contributed by atoms with Crippen LogP contribution in [0.5, 0.6) is 0 Å². The zero-order valence-corrected chi connectivity index (χ0v) is 12.3. The molecule has 0 aliphatic heterocycles. The van der Waals surface area contributed by atoms with Gasteiger partial charge < -0.3 is 10.6 Å². The summed E-state index contributed by atoms with van der Waals surface area (Å²) in [6.07, 6.45) is 3.04. The lowest BCUT2D eigenvalue weighted by Crippen LogP contribution is -2.14. The number of aromatic nitrogens is 2. The first-order valence-electron chi connectivity index (χ1n) is 6.34. The third-order valence-electron chi connectivity index (χ3n) is 2.76. The van der Waals surface area contributed by atoms with Crippen LogP contribution in [0, 0.1) is 6.92 Å². The first-order chi connectivity index (χ1) is 10.1. The molecule has 0 atom stereocenters. The monoisotopic (exact) mass is 302 g/mol. The molecule has 0 spiro atoms. The molecule has 0 fully saturated rings. The number of carbonyl (C=O) groups is 1. The molecule has 1 aromatic carbocycles. The molecule has 0 saturated heterocycles. The van der Waals surface area contributed by atoms with E-state index in [0.717, 1.165) is 5.56 Å². The number of carbonyl (C=O) groups excluding carboxylic acids is 1. The minimum absolute atomic E-state index is 0.272. The van der Waals surface area contributed by atoms with E-state index in [2.05, 4.69) is 27.2 Å². The Kier molecular flexibility index (Phi) is 4.90. The minimum atomic E-state index is -0.320. The van der Waals surface area contributed by atoms with E-state index in [4.69, 9.17) is 11.6 Å². The number of nitrogens with zero attached hydrogens (tertiary/aromatic N) is 2. The van der Waals surface area contributed by atoms with Gasteiger partial charge in [0.15, 0.2) is 0 Å². The van der Waals surface area contributed by atoms with E-state index >= 15 is 0 Å². The molecule has 0 aliphatic carbocycles. The molecule has 0 saturated carbocycles. The highest BCUT2D eigenvalue weighted by Crippen LogP contribution is 2.20. The van der Waals surface area contributed by atoms with E-state index in [-0.39, 0.29) is 11.6 Å². The molecule has 21 heavy (non-hydrogen) atoms. The number of aryl methyl sites for hydroxylation is 1. The molecule has 2 rings (SSSR count). The van der Waals surface area contributed by atoms with Crippen LogP contribution in [0.15, 0.2) is 43.2 Å². The molecule has 0 unspecified atom stereocenters. The number of anilines is 2. The van der Waals surface area contributed by atoms with Crippen molar-refractivity contribution in [2.75, 3.05) is 17.2 Å². The van der Waals surface area contributed by atoms with E-state index in [0.29, 0.717) is 23.1 Å². The van der Waals surface area contributed by atoms with Gasteiger partial charge in [0.2, 0.25) is 0 Å². The number of benzene rings is 1. The maximum atomic E-state index is 12.1. The van der Waals surface area contributed by atoms with Crippen molar-refractivity contribution in [2.45, 2.75) is 6.92 Å². The van der Waals surface area contributed by atoms with E-state index < -0.39 is 0 Å². The van der Waals surface area contributed by atoms with Crippen LogP contribution in [0.3, 0.4) is 0 Å². The third-order valence-corrected chi connectivity index (χ3v) is 3.16. The zero-order valence-electron chi connectivity index (χ0n) is 11.6. The number of hydrogen-bond donors (Lipinski definition) is 2. The predicted octanol–water partition coefficient (Wildman–Crippen LogP) is 3.29. The highest BCUT2D eigenvalue weighted by atomic mass is 35.5. The van der Waals surface area contributed by atoms with Gasteiger partial charge in [-0.25, -0.2) is 9.97 Å². The Morgan fingerprint density at radius 2 is 2.19 bits per heavy atom. The molecular weight excluding hydrogens is 288 g/mol. The summed E-state index contributed by atoms with van der Waals surface area (Å²) in [4.78, 5) is 20.1. The maximum Gasteiger partial charge on any atom is 0.274 e. The summed E-state index contributed by atoms with van der Waals surface area (Å²) < 4.78 is 0. The van der Waals surface area contributed by atoms with E-state index in [1.165, 1.54) is 6.33 Å². The smallest absolute Gasteiger partial charge is 0.274 e. The lowest BCUT2D eigenvalue weighted by atomic mass is 10.2. The van der Waals surface area contributed by atoms with Crippen molar-refractivity contribution >= 4 is 29.0 Å². The van der Waals surface area contributed by atoms with Crippen LogP contribution in [-0.4, -0.2) is 22.4 Å². The van der Waals surface area contributed by atoms with E-state index in [9.17, 15) is 4.79 Å². The van der Waals surface area contributed by atoms with E-state index in [1.54, 1.807) is 24.3 Å². The van der Waals surface area contributed by atoms with Gasteiger partial charge in [-0.3, -0.25) is 4.79 Å². The summed E-state index contributed by atoms with van der Waals surface area (Å²) in [5.74, 6) is 0.246. The summed E-state index contributed by atoms with van der Waals surface area (Å²) in [6.45, 7) is 6.07. The van der Waals surface area contributed by atoms with Crippen molar-refractivity contribution in [3.05, 3.63) is 59.5 Å². The first kappa shape index (κ1) is 15.0. The SMILES string of the molecule is C=CCNc1cc(C(=O)Nc2ccc(C)c(Cl)c2)ncn1. The van der Waals surface area contributed by atoms with Gasteiger partial charge in [-0.1, -0.05) is 23.7 Å². The van der Waals surface area contributed by atoms with Crippen LogP contribution in [0.1, 0.15) is 16.1 Å². The van der Waals surface area contributed by atoms with Crippen LogP contribution >= 0.6 is 11.6 Å². The zero-order chi connectivity index (χ0) is 15.2. The highest BCUT2D eigenvalue weighted by molar-refractivity contribution is 6.31. The first-order valence-corrected chi connectivity index (χ1v) is 6.72. The second-order valence-electron chi connectivity index (χ2n) is 4.38. The van der Waals surface area contributed by atoms with Gasteiger partial charge in [0.25, 0.3) is 5.91 Å². The molecule has 6 heteroatoms. The quantitative estimate of drug-likeness (QED) is 0.832. The second kappa shape index (κ2) is 6.85. The Morgan fingerprint density at radius 3 is 2.90 bits per heavy atom. The summed E-state index contributed by atoms with van der Waals surface area (Å²) >= 11 is 6.03. The van der Waals surface area contributed by atoms with Crippen LogP contribution in [0.4, 0.5) is 11.5 Å². The van der Waals surface area contributed by atoms with Crippen molar-refractivity contribution < 1.29 is 4.79 Å².